The molecule has 86 valence electrons. The molecule has 0 atom stereocenters. The van der Waals surface area contributed by atoms with E-state index in [2.05, 4.69) is 25.7 Å². The molecule has 0 radical (unpaired) electrons. The predicted octanol–water partition coefficient (Wildman–Crippen LogP) is 2.66. The molecule has 0 amide bonds. The van der Waals surface area contributed by atoms with E-state index in [1.807, 2.05) is 13.8 Å². The molecule has 0 aliphatic rings. The zero-order valence-corrected chi connectivity index (χ0v) is 10.5. The Morgan fingerprint density at radius 1 is 1.21 bits per heavy atom. The lowest BCUT2D eigenvalue weighted by Crippen LogP contribution is -2.42. The highest BCUT2D eigenvalue weighted by molar-refractivity contribution is 4.74. The van der Waals surface area contributed by atoms with Gasteiger partial charge in [-0.1, -0.05) is 19.8 Å². The number of hydrogen-bond donors (Lipinski definition) is 1. The third-order valence-corrected chi connectivity index (χ3v) is 2.37. The lowest BCUT2D eigenvalue weighted by atomic mass is 10.1. The Kier molecular flexibility index (Phi) is 6.38. The van der Waals surface area contributed by atoms with Gasteiger partial charge < -0.3 is 5.11 Å². The Balaban J connectivity index is 3.91. The van der Waals surface area contributed by atoms with E-state index < -0.39 is 5.60 Å². The topological polar surface area (TPSA) is 23.5 Å². The smallest absolute Gasteiger partial charge is 0.0718 e. The lowest BCUT2D eigenvalue weighted by Gasteiger charge is -2.32. The summed E-state index contributed by atoms with van der Waals surface area (Å²) in [5.41, 5.74) is -0.573. The monoisotopic (exact) mass is 201 g/mol. The van der Waals surface area contributed by atoms with Crippen molar-refractivity contribution >= 4 is 0 Å². The summed E-state index contributed by atoms with van der Waals surface area (Å²) in [6.07, 6.45) is 3.79. The molecule has 0 heterocycles. The van der Waals surface area contributed by atoms with Crippen LogP contribution >= 0.6 is 0 Å². The summed E-state index contributed by atoms with van der Waals surface area (Å²) in [5, 5.41) is 9.75. The molecule has 2 heteroatoms. The van der Waals surface area contributed by atoms with E-state index in [1.165, 1.54) is 19.3 Å². The Hall–Kier alpha value is -0.0800. The van der Waals surface area contributed by atoms with Crippen molar-refractivity contribution in [2.75, 3.05) is 13.1 Å². The van der Waals surface area contributed by atoms with Gasteiger partial charge in [-0.3, -0.25) is 4.90 Å². The zero-order valence-electron chi connectivity index (χ0n) is 10.5. The zero-order chi connectivity index (χ0) is 11.2. The van der Waals surface area contributed by atoms with Crippen LogP contribution < -0.4 is 0 Å². The highest BCUT2D eigenvalue weighted by Gasteiger charge is 2.19. The van der Waals surface area contributed by atoms with E-state index in [0.29, 0.717) is 6.04 Å². The Morgan fingerprint density at radius 2 is 1.79 bits per heavy atom. The first-order valence-electron chi connectivity index (χ1n) is 5.83. The second kappa shape index (κ2) is 6.41. The van der Waals surface area contributed by atoms with Crippen LogP contribution in [0.15, 0.2) is 0 Å². The van der Waals surface area contributed by atoms with E-state index in [4.69, 9.17) is 0 Å². The van der Waals surface area contributed by atoms with Gasteiger partial charge in [0.25, 0.3) is 0 Å². The van der Waals surface area contributed by atoms with Crippen molar-refractivity contribution in [2.45, 2.75) is 65.5 Å². The van der Waals surface area contributed by atoms with Gasteiger partial charge in [-0.05, 0) is 40.7 Å². The molecule has 1 N–H and O–H groups in total. The van der Waals surface area contributed by atoms with E-state index >= 15 is 0 Å². The molecule has 0 aromatic rings. The second-order valence-corrected chi connectivity index (χ2v) is 5.08. The number of aliphatic hydroxyl groups is 1. The van der Waals surface area contributed by atoms with Gasteiger partial charge in [0.1, 0.15) is 0 Å². The van der Waals surface area contributed by atoms with Gasteiger partial charge in [-0.2, -0.15) is 0 Å². The maximum absolute atomic E-state index is 9.75. The molecule has 0 spiro atoms. The van der Waals surface area contributed by atoms with Crippen LogP contribution in [0.25, 0.3) is 0 Å². The normalized spacial score (nSPS) is 12.9. The maximum atomic E-state index is 9.75. The van der Waals surface area contributed by atoms with Crippen molar-refractivity contribution in [3.05, 3.63) is 0 Å². The first-order chi connectivity index (χ1) is 6.37. The molecule has 0 aliphatic carbocycles. The van der Waals surface area contributed by atoms with E-state index in [-0.39, 0.29) is 0 Å². The number of hydrogen-bond acceptors (Lipinski definition) is 2. The minimum absolute atomic E-state index is 0.526. The minimum atomic E-state index is -0.573. The second-order valence-electron chi connectivity index (χ2n) is 5.08. The molecule has 0 saturated heterocycles. The molecule has 14 heavy (non-hydrogen) atoms. The largest absolute Gasteiger partial charge is 0.389 e. The minimum Gasteiger partial charge on any atom is -0.389 e. The van der Waals surface area contributed by atoms with Crippen molar-refractivity contribution in [1.82, 2.24) is 4.90 Å². The molecule has 0 fully saturated rings. The van der Waals surface area contributed by atoms with Gasteiger partial charge in [0.05, 0.1) is 5.60 Å². The fourth-order valence-corrected chi connectivity index (χ4v) is 1.58. The van der Waals surface area contributed by atoms with Gasteiger partial charge in [0.15, 0.2) is 0 Å². The number of rotatable bonds is 7. The standard InChI is InChI=1S/C12H27NO/c1-6-7-8-9-13(11(2)3)10-12(4,5)14/h11,14H,6-10H2,1-5H3. The van der Waals surface area contributed by atoms with Crippen molar-refractivity contribution in [1.29, 1.82) is 0 Å². The number of nitrogens with zero attached hydrogens (tertiary/aromatic N) is 1. The third kappa shape index (κ3) is 7.34. The molecular formula is C12H27NO. The SMILES string of the molecule is CCCCCN(CC(C)(C)O)C(C)C. The Morgan fingerprint density at radius 3 is 2.14 bits per heavy atom. The molecule has 0 aromatic carbocycles. The summed E-state index contributed by atoms with van der Waals surface area (Å²) >= 11 is 0. The van der Waals surface area contributed by atoms with Crippen molar-refractivity contribution < 1.29 is 5.11 Å². The maximum Gasteiger partial charge on any atom is 0.0718 e. The van der Waals surface area contributed by atoms with Gasteiger partial charge in [-0.25, -0.2) is 0 Å². The predicted molar refractivity (Wildman–Crippen MR) is 62.5 cm³/mol. The van der Waals surface area contributed by atoms with Crippen LogP contribution in [0, 0.1) is 0 Å². The molecule has 0 aliphatic heterocycles. The van der Waals surface area contributed by atoms with Crippen molar-refractivity contribution in [2.24, 2.45) is 0 Å². The van der Waals surface area contributed by atoms with Crippen molar-refractivity contribution in [3.8, 4) is 0 Å². The molecule has 0 aromatic heterocycles. The van der Waals surface area contributed by atoms with Gasteiger partial charge >= 0.3 is 0 Å². The van der Waals surface area contributed by atoms with Crippen LogP contribution in [0.4, 0.5) is 0 Å². The average molecular weight is 201 g/mol. The van der Waals surface area contributed by atoms with Crippen LogP contribution in [0.1, 0.15) is 53.9 Å². The lowest BCUT2D eigenvalue weighted by molar-refractivity contribution is 0.0251. The van der Waals surface area contributed by atoms with Crippen LogP contribution in [0.5, 0.6) is 0 Å². The first-order valence-corrected chi connectivity index (χ1v) is 5.83. The quantitative estimate of drug-likeness (QED) is 0.640. The van der Waals surface area contributed by atoms with Crippen LogP contribution in [0.3, 0.4) is 0 Å². The van der Waals surface area contributed by atoms with E-state index in [9.17, 15) is 5.11 Å². The molecule has 0 bridgehead atoms. The Bertz CT molecular complexity index is 138. The van der Waals surface area contributed by atoms with E-state index in [1.54, 1.807) is 0 Å². The molecule has 0 unspecified atom stereocenters. The van der Waals surface area contributed by atoms with Crippen LogP contribution in [-0.4, -0.2) is 34.7 Å². The Labute approximate surface area is 89.3 Å². The van der Waals surface area contributed by atoms with E-state index in [0.717, 1.165) is 13.1 Å². The molecule has 2 nitrogen and oxygen atoms in total. The van der Waals surface area contributed by atoms with Crippen molar-refractivity contribution in [3.63, 3.8) is 0 Å². The van der Waals surface area contributed by atoms with Gasteiger partial charge in [0.2, 0.25) is 0 Å². The highest BCUT2D eigenvalue weighted by atomic mass is 16.3. The summed E-state index contributed by atoms with van der Waals surface area (Å²) < 4.78 is 0. The molecule has 0 rings (SSSR count). The third-order valence-electron chi connectivity index (χ3n) is 2.37. The van der Waals surface area contributed by atoms with Crippen LogP contribution in [0.2, 0.25) is 0 Å². The summed E-state index contributed by atoms with van der Waals surface area (Å²) in [7, 11) is 0. The number of unbranched alkanes of at least 4 members (excludes halogenated alkanes) is 2. The average Bonchev–Trinajstić information content (AvgIpc) is 2.00. The summed E-state index contributed by atoms with van der Waals surface area (Å²) in [5.74, 6) is 0. The summed E-state index contributed by atoms with van der Waals surface area (Å²) in [4.78, 5) is 2.36. The fraction of sp³-hybridized carbons (Fsp3) is 1.00. The summed E-state index contributed by atoms with van der Waals surface area (Å²) in [6, 6.07) is 0.526. The van der Waals surface area contributed by atoms with Crippen LogP contribution in [-0.2, 0) is 0 Å². The highest BCUT2D eigenvalue weighted by Crippen LogP contribution is 2.10. The van der Waals surface area contributed by atoms with Gasteiger partial charge in [-0.15, -0.1) is 0 Å². The fourth-order valence-electron chi connectivity index (χ4n) is 1.58. The van der Waals surface area contributed by atoms with Gasteiger partial charge in [0, 0.05) is 12.6 Å². The molecular weight excluding hydrogens is 174 g/mol. The first kappa shape index (κ1) is 13.9. The molecule has 0 saturated carbocycles. The summed E-state index contributed by atoms with van der Waals surface area (Å²) in [6.45, 7) is 12.2.